The van der Waals surface area contributed by atoms with Gasteiger partial charge in [-0.3, -0.25) is 0 Å². The Kier molecular flexibility index (Phi) is 2.29. The van der Waals surface area contributed by atoms with Crippen LogP contribution in [0.5, 0.6) is 0 Å². The van der Waals surface area contributed by atoms with Crippen molar-refractivity contribution in [2.75, 3.05) is 0 Å². The number of nitrogens with two attached hydrogens (primary N) is 1. The van der Waals surface area contributed by atoms with Crippen LogP contribution in [0.4, 0.5) is 0 Å². The maximum atomic E-state index is 6.14. The van der Waals surface area contributed by atoms with Crippen molar-refractivity contribution in [3.8, 4) is 0 Å². The standard InChI is InChI=1S/C12H15N3O/c13-12(9-1-2-9)10-4-6-15(7-10)8-11-3-5-14-16-11/h3-7,9,12H,1-2,8,13H2. The maximum Gasteiger partial charge on any atom is 0.156 e. The van der Waals surface area contributed by atoms with E-state index in [1.807, 2.05) is 12.3 Å². The fraction of sp³-hybridized carbons (Fsp3) is 0.417. The van der Waals surface area contributed by atoms with E-state index < -0.39 is 0 Å². The second-order valence-electron chi connectivity index (χ2n) is 4.46. The summed E-state index contributed by atoms with van der Waals surface area (Å²) in [5.41, 5.74) is 7.36. The first-order valence-corrected chi connectivity index (χ1v) is 5.64. The minimum Gasteiger partial charge on any atom is -0.359 e. The molecule has 0 amide bonds. The van der Waals surface area contributed by atoms with Gasteiger partial charge >= 0.3 is 0 Å². The lowest BCUT2D eigenvalue weighted by molar-refractivity contribution is 0.376. The van der Waals surface area contributed by atoms with Crippen molar-refractivity contribution in [1.82, 2.24) is 9.72 Å². The van der Waals surface area contributed by atoms with Crippen LogP contribution >= 0.6 is 0 Å². The molecule has 1 saturated carbocycles. The lowest BCUT2D eigenvalue weighted by atomic mass is 10.1. The molecule has 1 aliphatic rings. The highest BCUT2D eigenvalue weighted by atomic mass is 16.5. The topological polar surface area (TPSA) is 57.0 Å². The van der Waals surface area contributed by atoms with E-state index in [0.29, 0.717) is 5.92 Å². The van der Waals surface area contributed by atoms with Crippen molar-refractivity contribution in [1.29, 1.82) is 0 Å². The molecule has 2 aromatic rings. The van der Waals surface area contributed by atoms with Crippen molar-refractivity contribution < 1.29 is 4.52 Å². The zero-order valence-electron chi connectivity index (χ0n) is 9.04. The minimum atomic E-state index is 0.205. The molecule has 2 aromatic heterocycles. The summed E-state index contributed by atoms with van der Waals surface area (Å²) in [6, 6.07) is 4.18. The van der Waals surface area contributed by atoms with Gasteiger partial charge in [0.2, 0.25) is 0 Å². The molecule has 84 valence electrons. The second-order valence-corrected chi connectivity index (χ2v) is 4.46. The zero-order chi connectivity index (χ0) is 11.0. The molecule has 1 fully saturated rings. The number of nitrogens with zero attached hydrogens (tertiary/aromatic N) is 2. The van der Waals surface area contributed by atoms with Crippen LogP contribution in [-0.4, -0.2) is 9.72 Å². The zero-order valence-corrected chi connectivity index (χ0v) is 9.04. The molecule has 0 radical (unpaired) electrons. The van der Waals surface area contributed by atoms with E-state index in [1.165, 1.54) is 18.4 Å². The van der Waals surface area contributed by atoms with Gasteiger partial charge in [0.25, 0.3) is 0 Å². The van der Waals surface area contributed by atoms with E-state index in [9.17, 15) is 0 Å². The first kappa shape index (κ1) is 9.66. The highest BCUT2D eigenvalue weighted by Gasteiger charge is 2.29. The Morgan fingerprint density at radius 3 is 3.06 bits per heavy atom. The molecule has 1 unspecified atom stereocenters. The molecule has 4 nitrogen and oxygen atoms in total. The third-order valence-electron chi connectivity index (χ3n) is 3.12. The summed E-state index contributed by atoms with van der Waals surface area (Å²) >= 11 is 0. The fourth-order valence-electron chi connectivity index (χ4n) is 1.99. The van der Waals surface area contributed by atoms with Gasteiger partial charge in [-0.15, -0.1) is 0 Å². The van der Waals surface area contributed by atoms with E-state index in [2.05, 4.69) is 22.0 Å². The number of aromatic nitrogens is 2. The number of hydrogen-bond acceptors (Lipinski definition) is 3. The van der Waals surface area contributed by atoms with Crippen LogP contribution in [0.15, 0.2) is 35.2 Å². The molecule has 2 N–H and O–H groups in total. The molecule has 0 aromatic carbocycles. The first-order chi connectivity index (χ1) is 7.83. The highest BCUT2D eigenvalue weighted by Crippen LogP contribution is 2.39. The van der Waals surface area contributed by atoms with E-state index in [4.69, 9.17) is 10.3 Å². The second kappa shape index (κ2) is 3.79. The summed E-state index contributed by atoms with van der Waals surface area (Å²) in [5, 5.41) is 3.69. The fourth-order valence-corrected chi connectivity index (χ4v) is 1.99. The van der Waals surface area contributed by atoms with Crippen molar-refractivity contribution >= 4 is 0 Å². The molecule has 16 heavy (non-hydrogen) atoms. The summed E-state index contributed by atoms with van der Waals surface area (Å²) in [6.45, 7) is 0.720. The van der Waals surface area contributed by atoms with Gasteiger partial charge < -0.3 is 14.8 Å². The quantitative estimate of drug-likeness (QED) is 0.851. The summed E-state index contributed by atoms with van der Waals surface area (Å²) in [5.74, 6) is 1.56. The molecule has 0 bridgehead atoms. The van der Waals surface area contributed by atoms with Gasteiger partial charge in [-0.25, -0.2) is 0 Å². The van der Waals surface area contributed by atoms with Crippen LogP contribution in [0.1, 0.15) is 30.2 Å². The predicted molar refractivity (Wildman–Crippen MR) is 59.7 cm³/mol. The molecule has 0 aliphatic heterocycles. The van der Waals surface area contributed by atoms with Gasteiger partial charge in [0.15, 0.2) is 5.76 Å². The van der Waals surface area contributed by atoms with Crippen molar-refractivity contribution in [3.05, 3.63) is 42.0 Å². The van der Waals surface area contributed by atoms with Crippen LogP contribution < -0.4 is 5.73 Å². The van der Waals surface area contributed by atoms with Gasteiger partial charge in [0.1, 0.15) is 0 Å². The average molecular weight is 217 g/mol. The Morgan fingerprint density at radius 1 is 1.50 bits per heavy atom. The van der Waals surface area contributed by atoms with Gasteiger partial charge in [-0.1, -0.05) is 5.16 Å². The molecule has 0 saturated heterocycles. The molecule has 1 aliphatic carbocycles. The minimum absolute atomic E-state index is 0.205. The number of hydrogen-bond donors (Lipinski definition) is 1. The van der Waals surface area contributed by atoms with E-state index in [-0.39, 0.29) is 6.04 Å². The largest absolute Gasteiger partial charge is 0.359 e. The van der Waals surface area contributed by atoms with Crippen molar-refractivity contribution in [2.45, 2.75) is 25.4 Å². The lowest BCUT2D eigenvalue weighted by Gasteiger charge is -2.06. The van der Waals surface area contributed by atoms with Crippen LogP contribution in [0.3, 0.4) is 0 Å². The van der Waals surface area contributed by atoms with Gasteiger partial charge in [-0.2, -0.15) is 0 Å². The predicted octanol–water partition coefficient (Wildman–Crippen LogP) is 1.93. The van der Waals surface area contributed by atoms with Crippen LogP contribution in [0.2, 0.25) is 0 Å². The molecular formula is C12H15N3O. The number of rotatable bonds is 4. The van der Waals surface area contributed by atoms with E-state index in [0.717, 1.165) is 12.3 Å². The molecule has 3 rings (SSSR count). The monoisotopic (exact) mass is 217 g/mol. The molecule has 2 heterocycles. The maximum absolute atomic E-state index is 6.14. The molecule has 1 atom stereocenters. The molecule has 4 heteroatoms. The Bertz CT molecular complexity index is 456. The van der Waals surface area contributed by atoms with E-state index >= 15 is 0 Å². The molecule has 0 spiro atoms. The van der Waals surface area contributed by atoms with Crippen LogP contribution in [0, 0.1) is 5.92 Å². The smallest absolute Gasteiger partial charge is 0.156 e. The Hall–Kier alpha value is -1.55. The summed E-state index contributed by atoms with van der Waals surface area (Å²) < 4.78 is 7.15. The summed E-state index contributed by atoms with van der Waals surface area (Å²) in [7, 11) is 0. The van der Waals surface area contributed by atoms with Crippen molar-refractivity contribution in [3.63, 3.8) is 0 Å². The first-order valence-electron chi connectivity index (χ1n) is 5.64. The SMILES string of the molecule is NC(c1ccn(Cc2ccno2)c1)C1CC1. The Balaban J connectivity index is 1.72. The average Bonchev–Trinajstić information content (AvgIpc) is 2.82. The van der Waals surface area contributed by atoms with E-state index in [1.54, 1.807) is 6.20 Å². The van der Waals surface area contributed by atoms with Crippen molar-refractivity contribution in [2.24, 2.45) is 11.7 Å². The highest BCUT2D eigenvalue weighted by molar-refractivity contribution is 5.18. The van der Waals surface area contributed by atoms with Gasteiger partial charge in [0.05, 0.1) is 12.7 Å². The third kappa shape index (κ3) is 1.88. The van der Waals surface area contributed by atoms with Gasteiger partial charge in [-0.05, 0) is 30.4 Å². The van der Waals surface area contributed by atoms with Crippen LogP contribution in [-0.2, 0) is 6.54 Å². The Morgan fingerprint density at radius 2 is 2.38 bits per heavy atom. The Labute approximate surface area is 94.0 Å². The summed E-state index contributed by atoms with van der Waals surface area (Å²) in [4.78, 5) is 0. The third-order valence-corrected chi connectivity index (χ3v) is 3.12. The molecular weight excluding hydrogens is 202 g/mol. The summed E-state index contributed by atoms with van der Waals surface area (Å²) in [6.07, 6.45) is 8.35. The van der Waals surface area contributed by atoms with Crippen LogP contribution in [0.25, 0.3) is 0 Å². The lowest BCUT2D eigenvalue weighted by Crippen LogP contribution is -2.11. The van der Waals surface area contributed by atoms with Gasteiger partial charge in [0, 0.05) is 24.5 Å². The normalized spacial score (nSPS) is 17.6.